The van der Waals surface area contributed by atoms with Crippen LogP contribution in [0.25, 0.3) is 0 Å². The fourth-order valence-corrected chi connectivity index (χ4v) is 2.12. The van der Waals surface area contributed by atoms with E-state index in [9.17, 15) is 9.18 Å². The van der Waals surface area contributed by atoms with Crippen LogP contribution in [0.5, 0.6) is 0 Å². The largest absolute Gasteiger partial charge is 0.444 e. The highest BCUT2D eigenvalue weighted by molar-refractivity contribution is 5.68. The first-order valence-corrected chi connectivity index (χ1v) is 7.99. The molecule has 126 valence electrons. The molecule has 1 aromatic rings. The highest BCUT2D eigenvalue weighted by Gasteiger charge is 2.22. The molecule has 0 N–H and O–H groups in total. The molecular formula is C19H26FNO2. The number of hydrogen-bond donors (Lipinski definition) is 0. The van der Waals surface area contributed by atoms with E-state index in [1.54, 1.807) is 17.0 Å². The highest BCUT2D eigenvalue weighted by atomic mass is 19.1. The van der Waals surface area contributed by atoms with E-state index >= 15 is 0 Å². The summed E-state index contributed by atoms with van der Waals surface area (Å²) in [6, 6.07) is 4.59. The van der Waals surface area contributed by atoms with E-state index in [1.807, 2.05) is 20.8 Å². The number of nitrogens with zero attached hydrogens (tertiary/aromatic N) is 1. The summed E-state index contributed by atoms with van der Waals surface area (Å²) in [4.78, 5) is 14.0. The summed E-state index contributed by atoms with van der Waals surface area (Å²) in [6.45, 7) is 8.58. The van der Waals surface area contributed by atoms with E-state index < -0.39 is 11.4 Å². The van der Waals surface area contributed by atoms with Crippen LogP contribution in [-0.4, -0.2) is 23.1 Å². The second-order valence-electron chi connectivity index (χ2n) is 6.57. The molecule has 3 nitrogen and oxygen atoms in total. The normalized spacial score (nSPS) is 11.0. The molecule has 0 bridgehead atoms. The van der Waals surface area contributed by atoms with E-state index in [0.717, 1.165) is 24.8 Å². The number of carbonyl (C=O) groups excluding carboxylic acids is 1. The minimum Gasteiger partial charge on any atom is -0.444 e. The Balaban J connectivity index is 2.87. The molecule has 0 fully saturated rings. The average Bonchev–Trinajstić information content (AvgIpc) is 2.46. The van der Waals surface area contributed by atoms with Gasteiger partial charge in [0.25, 0.3) is 0 Å². The van der Waals surface area contributed by atoms with Crippen molar-refractivity contribution in [2.75, 3.05) is 6.54 Å². The number of benzene rings is 1. The molecule has 0 unspecified atom stereocenters. The zero-order valence-electron chi connectivity index (χ0n) is 14.5. The summed E-state index contributed by atoms with van der Waals surface area (Å²) in [5.41, 5.74) is 0.453. The number of rotatable bonds is 6. The lowest BCUT2D eigenvalue weighted by Gasteiger charge is -2.27. The van der Waals surface area contributed by atoms with Crippen LogP contribution in [0, 0.1) is 18.2 Å². The Morgan fingerprint density at radius 3 is 2.61 bits per heavy atom. The van der Waals surface area contributed by atoms with E-state index in [2.05, 4.69) is 12.8 Å². The number of unbranched alkanes of at least 4 members (excludes halogenated alkanes) is 2. The first-order chi connectivity index (χ1) is 10.8. The van der Waals surface area contributed by atoms with Crippen molar-refractivity contribution in [2.24, 2.45) is 0 Å². The van der Waals surface area contributed by atoms with Crippen LogP contribution in [-0.2, 0) is 11.3 Å². The van der Waals surface area contributed by atoms with Crippen LogP contribution in [0.1, 0.15) is 58.1 Å². The lowest BCUT2D eigenvalue weighted by Crippen LogP contribution is -2.37. The standard InChI is InChI=1S/C19H26FNO2/c1-6-8-9-12-21(18(22)23-19(3,4)5)14-15-10-11-17(20)16(7-2)13-15/h2,10-11,13H,6,8-9,12,14H2,1,3-5H3. The fraction of sp³-hybridized carbons (Fsp3) is 0.526. The maximum absolute atomic E-state index is 13.5. The SMILES string of the molecule is C#Cc1cc(CN(CCCCC)C(=O)OC(C)(C)C)ccc1F. The van der Waals surface area contributed by atoms with Gasteiger partial charge in [-0.1, -0.05) is 31.8 Å². The summed E-state index contributed by atoms with van der Waals surface area (Å²) in [5.74, 6) is 1.89. The number of carbonyl (C=O) groups is 1. The highest BCUT2D eigenvalue weighted by Crippen LogP contribution is 2.16. The predicted octanol–water partition coefficient (Wildman–Crippen LogP) is 4.73. The molecule has 0 spiro atoms. The molecule has 0 aromatic heterocycles. The molecule has 0 radical (unpaired) electrons. The second-order valence-corrected chi connectivity index (χ2v) is 6.57. The Morgan fingerprint density at radius 1 is 1.35 bits per heavy atom. The van der Waals surface area contributed by atoms with Gasteiger partial charge in [-0.15, -0.1) is 6.42 Å². The quantitative estimate of drug-likeness (QED) is 0.560. The monoisotopic (exact) mass is 319 g/mol. The molecule has 0 aliphatic heterocycles. The van der Waals surface area contributed by atoms with Gasteiger partial charge in [-0.25, -0.2) is 9.18 Å². The number of halogens is 1. The van der Waals surface area contributed by atoms with Gasteiger partial charge in [0.15, 0.2) is 0 Å². The van der Waals surface area contributed by atoms with Crippen LogP contribution in [0.2, 0.25) is 0 Å². The van der Waals surface area contributed by atoms with Crippen LogP contribution in [0.3, 0.4) is 0 Å². The molecule has 0 saturated carbocycles. The molecule has 0 saturated heterocycles. The Bertz CT molecular complexity index is 570. The van der Waals surface area contributed by atoms with E-state index in [-0.39, 0.29) is 11.7 Å². The topological polar surface area (TPSA) is 29.5 Å². The first kappa shape index (κ1) is 19.0. The van der Waals surface area contributed by atoms with Crippen molar-refractivity contribution in [3.8, 4) is 12.3 Å². The van der Waals surface area contributed by atoms with Gasteiger partial charge in [0, 0.05) is 13.1 Å². The Morgan fingerprint density at radius 2 is 2.04 bits per heavy atom. The van der Waals surface area contributed by atoms with E-state index in [0.29, 0.717) is 13.1 Å². The van der Waals surface area contributed by atoms with Gasteiger partial charge in [0.05, 0.1) is 5.56 Å². The minimum atomic E-state index is -0.549. The van der Waals surface area contributed by atoms with E-state index in [4.69, 9.17) is 11.2 Å². The maximum atomic E-state index is 13.5. The maximum Gasteiger partial charge on any atom is 0.410 e. The van der Waals surface area contributed by atoms with Crippen molar-refractivity contribution in [1.82, 2.24) is 4.90 Å². The van der Waals surface area contributed by atoms with Gasteiger partial charge in [-0.3, -0.25) is 0 Å². The van der Waals surface area contributed by atoms with Crippen molar-refractivity contribution in [3.05, 3.63) is 35.1 Å². The lowest BCUT2D eigenvalue weighted by molar-refractivity contribution is 0.0230. The first-order valence-electron chi connectivity index (χ1n) is 7.99. The third-order valence-corrected chi connectivity index (χ3v) is 3.24. The van der Waals surface area contributed by atoms with Crippen LogP contribution in [0.4, 0.5) is 9.18 Å². The van der Waals surface area contributed by atoms with Crippen LogP contribution < -0.4 is 0 Å². The molecule has 0 atom stereocenters. The zero-order valence-corrected chi connectivity index (χ0v) is 14.5. The van der Waals surface area contributed by atoms with Crippen molar-refractivity contribution >= 4 is 6.09 Å². The zero-order chi connectivity index (χ0) is 17.5. The van der Waals surface area contributed by atoms with Gasteiger partial charge in [-0.2, -0.15) is 0 Å². The summed E-state index contributed by atoms with van der Waals surface area (Å²) in [7, 11) is 0. The Hall–Kier alpha value is -2.02. The molecular weight excluding hydrogens is 293 g/mol. The molecule has 23 heavy (non-hydrogen) atoms. The van der Waals surface area contributed by atoms with Crippen molar-refractivity contribution in [1.29, 1.82) is 0 Å². The Kier molecular flexibility index (Phi) is 7.09. The van der Waals surface area contributed by atoms with Gasteiger partial charge >= 0.3 is 6.09 Å². The van der Waals surface area contributed by atoms with Crippen LogP contribution in [0.15, 0.2) is 18.2 Å². The van der Waals surface area contributed by atoms with Gasteiger partial charge in [-0.05, 0) is 44.9 Å². The van der Waals surface area contributed by atoms with Crippen LogP contribution >= 0.6 is 0 Å². The molecule has 0 aliphatic rings. The third-order valence-electron chi connectivity index (χ3n) is 3.24. The van der Waals surface area contributed by atoms with Crippen molar-refractivity contribution in [2.45, 2.75) is 59.1 Å². The summed E-state index contributed by atoms with van der Waals surface area (Å²) in [5, 5.41) is 0. The second kappa shape index (κ2) is 8.57. The molecule has 0 aliphatic carbocycles. The van der Waals surface area contributed by atoms with E-state index in [1.165, 1.54) is 6.07 Å². The molecule has 1 amide bonds. The predicted molar refractivity (Wildman–Crippen MR) is 90.5 cm³/mol. The third kappa shape index (κ3) is 6.73. The van der Waals surface area contributed by atoms with Crippen molar-refractivity contribution < 1.29 is 13.9 Å². The lowest BCUT2D eigenvalue weighted by atomic mass is 10.1. The fourth-order valence-electron chi connectivity index (χ4n) is 2.12. The number of terminal acetylenes is 1. The van der Waals surface area contributed by atoms with Gasteiger partial charge in [0.1, 0.15) is 11.4 Å². The molecule has 1 aromatic carbocycles. The number of amides is 1. The molecule has 1 rings (SSSR count). The Labute approximate surface area is 138 Å². The summed E-state index contributed by atoms with van der Waals surface area (Å²) >= 11 is 0. The number of ether oxygens (including phenoxy) is 1. The van der Waals surface area contributed by atoms with Gasteiger partial charge < -0.3 is 9.64 Å². The summed E-state index contributed by atoms with van der Waals surface area (Å²) in [6.07, 6.45) is 7.95. The smallest absolute Gasteiger partial charge is 0.410 e. The number of hydrogen-bond acceptors (Lipinski definition) is 2. The average molecular weight is 319 g/mol. The molecule has 0 heterocycles. The van der Waals surface area contributed by atoms with Crippen molar-refractivity contribution in [3.63, 3.8) is 0 Å². The summed E-state index contributed by atoms with van der Waals surface area (Å²) < 4.78 is 18.9. The van der Waals surface area contributed by atoms with Gasteiger partial charge in [0.2, 0.25) is 0 Å². The molecule has 4 heteroatoms. The minimum absolute atomic E-state index is 0.209.